The van der Waals surface area contributed by atoms with Crippen molar-refractivity contribution in [3.8, 4) is 5.75 Å². The molecule has 0 aromatic heterocycles. The standard InChI is InChI=1S/C30H43FN4O5/c1-20-17-35(21(2)19-36)29(37)26-16-25(33-30(38)32-24-11-9-23(31)10-12-24)13-14-27(26)40-22(3)8-6-7-15-39-28(20)18-34(4)5/h9-14,16,20-22,28,36H,6-8,15,17-19H2,1-5H3,(H2,32,33,38)/t20-,21+,22+,28-/m0/s1. The highest BCUT2D eigenvalue weighted by molar-refractivity contribution is 6.02. The van der Waals surface area contributed by atoms with Gasteiger partial charge in [0.2, 0.25) is 0 Å². The fraction of sp³-hybridized carbons (Fsp3) is 0.533. The first-order valence-electron chi connectivity index (χ1n) is 13.9. The number of aliphatic hydroxyl groups is 1. The van der Waals surface area contributed by atoms with E-state index in [1.807, 2.05) is 21.0 Å². The van der Waals surface area contributed by atoms with Crippen molar-refractivity contribution in [2.45, 2.75) is 58.3 Å². The minimum Gasteiger partial charge on any atom is -0.490 e. The summed E-state index contributed by atoms with van der Waals surface area (Å²) in [5, 5.41) is 15.4. The van der Waals surface area contributed by atoms with Gasteiger partial charge in [0, 0.05) is 37.0 Å². The van der Waals surface area contributed by atoms with Gasteiger partial charge in [-0.05, 0) is 89.7 Å². The van der Waals surface area contributed by atoms with Crippen LogP contribution >= 0.6 is 0 Å². The molecule has 0 saturated heterocycles. The summed E-state index contributed by atoms with van der Waals surface area (Å²) in [7, 11) is 3.99. The second-order valence-corrected chi connectivity index (χ2v) is 10.9. The molecule has 0 radical (unpaired) electrons. The van der Waals surface area contributed by atoms with Crippen LogP contribution in [0.2, 0.25) is 0 Å². The smallest absolute Gasteiger partial charge is 0.323 e. The van der Waals surface area contributed by atoms with Crippen LogP contribution in [0.1, 0.15) is 50.4 Å². The third kappa shape index (κ3) is 9.18. The lowest BCUT2D eigenvalue weighted by Gasteiger charge is -2.35. The molecule has 3 rings (SSSR count). The number of ether oxygens (including phenoxy) is 2. The largest absolute Gasteiger partial charge is 0.490 e. The van der Waals surface area contributed by atoms with E-state index >= 15 is 0 Å². The van der Waals surface area contributed by atoms with Gasteiger partial charge in [0.25, 0.3) is 5.91 Å². The number of anilines is 2. The van der Waals surface area contributed by atoms with E-state index in [4.69, 9.17) is 9.47 Å². The predicted molar refractivity (Wildman–Crippen MR) is 154 cm³/mol. The Bertz CT molecular complexity index is 1110. The fourth-order valence-electron chi connectivity index (χ4n) is 4.65. The average molecular weight is 559 g/mol. The Kier molecular flexibility index (Phi) is 11.7. The third-order valence-corrected chi connectivity index (χ3v) is 6.96. The van der Waals surface area contributed by atoms with Crippen molar-refractivity contribution in [1.29, 1.82) is 0 Å². The highest BCUT2D eigenvalue weighted by Crippen LogP contribution is 2.28. The van der Waals surface area contributed by atoms with Gasteiger partial charge in [-0.25, -0.2) is 9.18 Å². The second-order valence-electron chi connectivity index (χ2n) is 10.9. The number of halogens is 1. The predicted octanol–water partition coefficient (Wildman–Crippen LogP) is 4.83. The van der Waals surface area contributed by atoms with Crippen molar-refractivity contribution < 1.29 is 28.6 Å². The number of hydrogen-bond acceptors (Lipinski definition) is 6. The molecule has 40 heavy (non-hydrogen) atoms. The minimum atomic E-state index is -0.535. The molecule has 0 bridgehead atoms. The number of carbonyl (C=O) groups excluding carboxylic acids is 2. The number of likely N-dealkylation sites (N-methyl/N-ethyl adjacent to an activating group) is 1. The number of nitrogens with zero attached hydrogens (tertiary/aromatic N) is 2. The Hall–Kier alpha value is -3.21. The number of nitrogens with one attached hydrogen (secondary N) is 2. The summed E-state index contributed by atoms with van der Waals surface area (Å²) in [4.78, 5) is 30.4. The molecule has 1 aliphatic rings. The summed E-state index contributed by atoms with van der Waals surface area (Å²) in [5.74, 6) is -0.295. The lowest BCUT2D eigenvalue weighted by molar-refractivity contribution is -0.0137. The van der Waals surface area contributed by atoms with Crippen LogP contribution in [0.15, 0.2) is 42.5 Å². The molecule has 2 aromatic carbocycles. The van der Waals surface area contributed by atoms with Gasteiger partial charge >= 0.3 is 6.03 Å². The molecular formula is C30H43FN4O5. The van der Waals surface area contributed by atoms with Gasteiger partial charge < -0.3 is 35.0 Å². The Morgan fingerprint density at radius 3 is 2.48 bits per heavy atom. The third-order valence-electron chi connectivity index (χ3n) is 6.96. The number of rotatable bonds is 6. The van der Waals surface area contributed by atoms with E-state index in [2.05, 4.69) is 22.5 Å². The molecule has 1 heterocycles. The number of aliphatic hydroxyl groups excluding tert-OH is 1. The van der Waals surface area contributed by atoms with E-state index in [-0.39, 0.29) is 30.6 Å². The van der Waals surface area contributed by atoms with Gasteiger partial charge in [-0.2, -0.15) is 0 Å². The van der Waals surface area contributed by atoms with Crippen LogP contribution in [-0.4, -0.2) is 85.5 Å². The van der Waals surface area contributed by atoms with Gasteiger partial charge in [0.15, 0.2) is 0 Å². The van der Waals surface area contributed by atoms with E-state index in [1.54, 1.807) is 30.0 Å². The minimum absolute atomic E-state index is 0.00521. The van der Waals surface area contributed by atoms with Crippen LogP contribution in [0.3, 0.4) is 0 Å². The zero-order chi connectivity index (χ0) is 29.2. The SMILES string of the molecule is C[C@@H]1CCCCO[C@@H](CN(C)C)[C@@H](C)CN([C@H](C)CO)C(=O)c2cc(NC(=O)Nc3ccc(F)cc3)ccc2O1. The van der Waals surface area contributed by atoms with Crippen molar-refractivity contribution in [2.75, 3.05) is 51.0 Å². The van der Waals surface area contributed by atoms with Crippen molar-refractivity contribution in [3.63, 3.8) is 0 Å². The van der Waals surface area contributed by atoms with Crippen LogP contribution in [0.4, 0.5) is 20.6 Å². The highest BCUT2D eigenvalue weighted by atomic mass is 19.1. The lowest BCUT2D eigenvalue weighted by Crippen LogP contribution is -2.47. The molecule has 0 unspecified atom stereocenters. The van der Waals surface area contributed by atoms with Crippen molar-refractivity contribution in [3.05, 3.63) is 53.8 Å². The summed E-state index contributed by atoms with van der Waals surface area (Å²) >= 11 is 0. The quantitative estimate of drug-likeness (QED) is 0.470. The molecule has 0 saturated carbocycles. The first-order chi connectivity index (χ1) is 19.1. The molecule has 3 N–H and O–H groups in total. The zero-order valence-electron chi connectivity index (χ0n) is 24.2. The number of hydrogen-bond donors (Lipinski definition) is 3. The topological polar surface area (TPSA) is 103 Å². The maximum Gasteiger partial charge on any atom is 0.323 e. The molecule has 2 aromatic rings. The molecule has 1 aliphatic heterocycles. The first kappa shape index (κ1) is 31.3. The molecule has 9 nitrogen and oxygen atoms in total. The Morgan fingerprint density at radius 2 is 1.80 bits per heavy atom. The molecule has 3 amide bonds. The van der Waals surface area contributed by atoms with Crippen LogP contribution in [0, 0.1) is 11.7 Å². The molecule has 0 fully saturated rings. The van der Waals surface area contributed by atoms with E-state index in [9.17, 15) is 19.1 Å². The van der Waals surface area contributed by atoms with E-state index in [0.29, 0.717) is 42.4 Å². The van der Waals surface area contributed by atoms with Gasteiger partial charge in [-0.15, -0.1) is 0 Å². The Labute approximate surface area is 236 Å². The van der Waals surface area contributed by atoms with E-state index < -0.39 is 17.9 Å². The number of carbonyl (C=O) groups is 2. The van der Waals surface area contributed by atoms with Gasteiger partial charge in [-0.3, -0.25) is 4.79 Å². The second kappa shape index (κ2) is 15.0. The highest BCUT2D eigenvalue weighted by Gasteiger charge is 2.30. The van der Waals surface area contributed by atoms with Crippen LogP contribution in [0.25, 0.3) is 0 Å². The van der Waals surface area contributed by atoms with Crippen molar-refractivity contribution in [2.24, 2.45) is 5.92 Å². The monoisotopic (exact) mass is 558 g/mol. The maximum atomic E-state index is 14.1. The molecular weight excluding hydrogens is 515 g/mol. The first-order valence-corrected chi connectivity index (χ1v) is 13.9. The Balaban J connectivity index is 1.92. The van der Waals surface area contributed by atoms with Crippen LogP contribution < -0.4 is 15.4 Å². The normalized spacial score (nSPS) is 21.6. The van der Waals surface area contributed by atoms with E-state index in [0.717, 1.165) is 19.3 Å². The Morgan fingerprint density at radius 1 is 1.12 bits per heavy atom. The summed E-state index contributed by atoms with van der Waals surface area (Å²) in [6.45, 7) is 7.33. The van der Waals surface area contributed by atoms with Gasteiger partial charge in [-0.1, -0.05) is 6.92 Å². The van der Waals surface area contributed by atoms with Crippen molar-refractivity contribution >= 4 is 23.3 Å². The summed E-state index contributed by atoms with van der Waals surface area (Å²) in [6, 6.07) is 9.39. The molecule has 220 valence electrons. The average Bonchev–Trinajstić information content (AvgIpc) is 2.91. The lowest BCUT2D eigenvalue weighted by atomic mass is 10.0. The summed E-state index contributed by atoms with van der Waals surface area (Å²) in [6.07, 6.45) is 2.39. The number of fused-ring (bicyclic) bond motifs is 1. The molecule has 4 atom stereocenters. The molecule has 10 heteroatoms. The molecule has 0 spiro atoms. The van der Waals surface area contributed by atoms with Crippen LogP contribution in [0.5, 0.6) is 5.75 Å². The van der Waals surface area contributed by atoms with Gasteiger partial charge in [0.1, 0.15) is 11.6 Å². The maximum absolute atomic E-state index is 14.1. The van der Waals surface area contributed by atoms with Gasteiger partial charge in [0.05, 0.1) is 30.4 Å². The zero-order valence-corrected chi connectivity index (χ0v) is 24.2. The van der Waals surface area contributed by atoms with Crippen LogP contribution in [-0.2, 0) is 4.74 Å². The fourth-order valence-corrected chi connectivity index (χ4v) is 4.65. The number of amides is 3. The van der Waals surface area contributed by atoms with Crippen molar-refractivity contribution in [1.82, 2.24) is 9.80 Å². The number of benzene rings is 2. The summed E-state index contributed by atoms with van der Waals surface area (Å²) in [5.41, 5.74) is 1.11. The summed E-state index contributed by atoms with van der Waals surface area (Å²) < 4.78 is 25.7. The molecule has 0 aliphatic carbocycles. The number of urea groups is 1. The van der Waals surface area contributed by atoms with E-state index in [1.165, 1.54) is 24.3 Å².